The third-order valence-electron chi connectivity index (χ3n) is 26.2. The van der Waals surface area contributed by atoms with E-state index in [0.717, 1.165) is 201 Å². The van der Waals surface area contributed by atoms with Crippen LogP contribution in [0.3, 0.4) is 0 Å². The van der Waals surface area contributed by atoms with Gasteiger partial charge in [-0.15, -0.1) is 0 Å². The van der Waals surface area contributed by atoms with Crippen LogP contribution >= 0.6 is 0 Å². The molecule has 0 spiro atoms. The number of fused-ring (bicyclic) bond motifs is 17. The molecule has 0 aliphatic carbocycles. The quantitative estimate of drug-likeness (QED) is 0.127. The van der Waals surface area contributed by atoms with Crippen molar-refractivity contribution in [1.29, 1.82) is 0 Å². The highest BCUT2D eigenvalue weighted by Crippen LogP contribution is 2.57. The van der Waals surface area contributed by atoms with E-state index in [1.165, 1.54) is 16.3 Å². The van der Waals surface area contributed by atoms with E-state index in [0.29, 0.717) is 23.0 Å². The van der Waals surface area contributed by atoms with Gasteiger partial charge in [0.15, 0.2) is 0 Å². The van der Waals surface area contributed by atoms with Crippen LogP contribution in [0.5, 0.6) is 46.0 Å². The number of para-hydroxylation sites is 4. The van der Waals surface area contributed by atoms with E-state index in [9.17, 15) is 0 Å². The smallest absolute Gasteiger partial charge is 0.265 e. The van der Waals surface area contributed by atoms with Crippen molar-refractivity contribution in [3.05, 3.63) is 400 Å². The van der Waals surface area contributed by atoms with E-state index in [2.05, 4.69) is 429 Å². The molecule has 18 aromatic carbocycles. The molecule has 7 nitrogen and oxygen atoms in total. The van der Waals surface area contributed by atoms with Gasteiger partial charge in [0.05, 0.1) is 22.4 Å². The monoisotopic (exact) mass is 1560 g/mol. The van der Waals surface area contributed by atoms with Crippen molar-refractivity contribution in [3.63, 3.8) is 0 Å². The maximum Gasteiger partial charge on any atom is 0.265 e. The number of nitrogens with zero attached hydrogens (tertiary/aromatic N) is 3. The third kappa shape index (κ3) is 10.7. The number of hydrogen-bond acceptors (Lipinski definition) is 6. The minimum atomic E-state index is -0.548. The van der Waals surface area contributed by atoms with Crippen molar-refractivity contribution >= 4 is 125 Å². The van der Waals surface area contributed by atoms with E-state index in [1.807, 2.05) is 0 Å². The molecule has 0 radical (unpaired) electrons. The topological polar surface area (TPSA) is 48.3 Å². The predicted molar refractivity (Wildman–Crippen MR) is 507 cm³/mol. The van der Waals surface area contributed by atoms with Crippen LogP contribution < -0.4 is 77.9 Å². The average Bonchev–Trinajstić information content (AvgIpc) is 0.720. The van der Waals surface area contributed by atoms with Crippen LogP contribution in [-0.2, 0) is 5.41 Å². The first kappa shape index (κ1) is 69.8. The van der Waals surface area contributed by atoms with E-state index >= 15 is 0 Å². The molecule has 19 aromatic rings. The van der Waals surface area contributed by atoms with Crippen molar-refractivity contribution in [2.75, 3.05) is 9.80 Å². The molecule has 0 amide bonds. The number of hydrogen-bond donors (Lipinski definition) is 0. The number of ether oxygens (including phenoxy) is 4. The second-order valence-corrected chi connectivity index (χ2v) is 34.0. The SMILES string of the molecule is CC(C)(C)c1cc2c3c(c1)N(c1c(-c4ccccc4)cccc1-c1ccccc1)c1cc4c5c(c1B3c1ccc(-c3ccccc3)cc1N2c1c(-c2ccccc2)cccc1-c1ccccc1)Oc1cc2c3c(c1B5c1ccc(-n5c6ccccc6c6ccccc65)cc1O4)Oc1ccc(-c4ccccc4)cc1B3c1cc(-c3ccccc3)ccc1O2. The van der Waals surface area contributed by atoms with Crippen molar-refractivity contribution in [2.24, 2.45) is 0 Å². The highest BCUT2D eigenvalue weighted by Gasteiger charge is 2.54. The second kappa shape index (κ2) is 27.1. The molecule has 0 unspecified atom stereocenters. The van der Waals surface area contributed by atoms with Crippen molar-refractivity contribution in [2.45, 2.75) is 26.2 Å². The van der Waals surface area contributed by atoms with Crippen LogP contribution in [-0.4, -0.2) is 24.7 Å². The van der Waals surface area contributed by atoms with Crippen LogP contribution in [0.4, 0.5) is 34.1 Å². The van der Waals surface area contributed by atoms with Crippen LogP contribution in [0.25, 0.3) is 105 Å². The van der Waals surface area contributed by atoms with E-state index in [1.54, 1.807) is 0 Å². The van der Waals surface area contributed by atoms with Gasteiger partial charge in [0, 0.05) is 96.1 Å². The molecule has 6 aliphatic rings. The zero-order valence-electron chi connectivity index (χ0n) is 67.2. The summed E-state index contributed by atoms with van der Waals surface area (Å²) in [4.78, 5) is 5.28. The minimum absolute atomic E-state index is 0.326. The fraction of sp³-hybridized carbons (Fsp3) is 0.0357. The summed E-state index contributed by atoms with van der Waals surface area (Å²) in [6.07, 6.45) is 0. The fourth-order valence-corrected chi connectivity index (χ4v) is 20.7. The van der Waals surface area contributed by atoms with Gasteiger partial charge in [-0.05, 0) is 148 Å². The highest BCUT2D eigenvalue weighted by atomic mass is 16.5. The molecular weight excluding hydrogens is 1480 g/mol. The average molecular weight is 1560 g/mol. The molecule has 6 aliphatic heterocycles. The van der Waals surface area contributed by atoms with Crippen molar-refractivity contribution in [3.8, 4) is 130 Å². The molecule has 0 saturated carbocycles. The summed E-state index contributed by atoms with van der Waals surface area (Å²) in [5.74, 6) is 5.70. The lowest BCUT2D eigenvalue weighted by molar-refractivity contribution is 0.444. The second-order valence-electron chi connectivity index (χ2n) is 34.0. The van der Waals surface area contributed by atoms with Crippen LogP contribution in [0, 0.1) is 0 Å². The lowest BCUT2D eigenvalue weighted by Crippen LogP contribution is -2.66. The van der Waals surface area contributed by atoms with E-state index in [-0.39, 0.29) is 6.71 Å². The molecule has 122 heavy (non-hydrogen) atoms. The summed E-state index contributed by atoms with van der Waals surface area (Å²) < 4.78 is 34.5. The molecule has 0 saturated heterocycles. The molecule has 7 heterocycles. The molecule has 570 valence electrons. The molecule has 0 atom stereocenters. The first-order valence-corrected chi connectivity index (χ1v) is 42.3. The molecule has 0 N–H and O–H groups in total. The minimum Gasteiger partial charge on any atom is -0.459 e. The predicted octanol–water partition coefficient (Wildman–Crippen LogP) is 23.3. The Bertz CT molecular complexity index is 7350. The standard InChI is InChI=1S/C112H74B3N3O4/c1-112(2,3)79-64-94-103-95(65-79)118(109-83(74-41-21-9-22-42-74)49-30-50-84(109)75-43-23-10-24-44-75)96-67-100-106-110(104(96)114(103)87-57-53-78(71-35-15-6-16-36-71)63-93(87)117(94)108-81(72-37-17-7-18-38-72)47-29-48-82(108)73-39-19-8-20-40-73)122-102-68-101-105-111(107(102)115(106)88-58-56-80(66-99(88)120-100)116-91-51-27-25-45-85(91)86-46-26-28-52-92(86)116)121-98-60-55-77(70-33-13-5-14-34-70)62-90(98)113(105)89-61-76(54-59-97(89)119-101)69-31-11-4-12-32-69/h4-68H,1-3H3. The Hall–Kier alpha value is -15.2. The summed E-state index contributed by atoms with van der Waals surface area (Å²) in [7, 11) is 0. The van der Waals surface area contributed by atoms with Gasteiger partial charge in [0.2, 0.25) is 0 Å². The Labute approximate surface area is 709 Å². The lowest BCUT2D eigenvalue weighted by atomic mass is 9.29. The molecule has 0 bridgehead atoms. The summed E-state index contributed by atoms with van der Waals surface area (Å²) in [6, 6.07) is 145. The summed E-state index contributed by atoms with van der Waals surface area (Å²) in [6.45, 7) is 5.73. The van der Waals surface area contributed by atoms with Crippen molar-refractivity contribution < 1.29 is 18.9 Å². The number of aromatic nitrogens is 1. The van der Waals surface area contributed by atoms with Gasteiger partial charge in [-0.2, -0.15) is 0 Å². The number of anilines is 6. The summed E-state index contributed by atoms with van der Waals surface area (Å²) in [5.41, 5.74) is 34.7. The fourth-order valence-electron chi connectivity index (χ4n) is 20.7. The van der Waals surface area contributed by atoms with Crippen LogP contribution in [0.15, 0.2) is 394 Å². The Morgan fingerprint density at radius 1 is 0.230 bits per heavy atom. The van der Waals surface area contributed by atoms with Gasteiger partial charge < -0.3 is 33.3 Å². The zero-order chi connectivity index (χ0) is 80.6. The highest BCUT2D eigenvalue weighted by molar-refractivity contribution is 7.04. The Morgan fingerprint density at radius 3 is 1.09 bits per heavy atom. The van der Waals surface area contributed by atoms with Gasteiger partial charge in [-0.25, -0.2) is 0 Å². The molecular formula is C112H74B3N3O4. The summed E-state index contributed by atoms with van der Waals surface area (Å²) >= 11 is 0. The molecule has 25 rings (SSSR count). The molecule has 0 fully saturated rings. The van der Waals surface area contributed by atoms with E-state index in [4.69, 9.17) is 18.9 Å². The van der Waals surface area contributed by atoms with Gasteiger partial charge >= 0.3 is 0 Å². The first-order chi connectivity index (χ1) is 60.2. The summed E-state index contributed by atoms with van der Waals surface area (Å²) in [5, 5.41) is 2.36. The van der Waals surface area contributed by atoms with Gasteiger partial charge in [-0.3, -0.25) is 0 Å². The maximum absolute atomic E-state index is 8.51. The lowest BCUT2D eigenvalue weighted by Gasteiger charge is -2.48. The Balaban J connectivity index is 0.823. The first-order valence-electron chi connectivity index (χ1n) is 42.3. The maximum atomic E-state index is 8.51. The molecule has 1 aromatic heterocycles. The third-order valence-corrected chi connectivity index (χ3v) is 26.2. The largest absolute Gasteiger partial charge is 0.459 e. The Morgan fingerprint density at radius 2 is 0.598 bits per heavy atom. The normalized spacial score (nSPS) is 13.2. The van der Waals surface area contributed by atoms with Gasteiger partial charge in [-0.1, -0.05) is 348 Å². The number of rotatable bonds is 10. The van der Waals surface area contributed by atoms with Crippen molar-refractivity contribution in [1.82, 2.24) is 4.57 Å². The van der Waals surface area contributed by atoms with Gasteiger partial charge in [0.25, 0.3) is 20.1 Å². The van der Waals surface area contributed by atoms with Gasteiger partial charge in [0.1, 0.15) is 46.0 Å². The van der Waals surface area contributed by atoms with Crippen LogP contribution in [0.2, 0.25) is 0 Å². The van der Waals surface area contributed by atoms with E-state index < -0.39 is 18.8 Å². The van der Waals surface area contributed by atoms with Crippen LogP contribution in [0.1, 0.15) is 26.3 Å². The molecule has 10 heteroatoms. The zero-order valence-corrected chi connectivity index (χ0v) is 67.2. The Kier molecular flexibility index (Phi) is 15.5. The number of benzene rings is 18.